The Morgan fingerprint density at radius 2 is 0.810 bits per heavy atom. The molecule has 0 aromatic heterocycles. The normalized spacial score (nSPS) is 16.3. The molecule has 0 spiro atoms. The van der Waals surface area contributed by atoms with Crippen LogP contribution in [-0.4, -0.2) is 0 Å². The number of unbranched alkanes of at least 4 members (excludes halogenated alkanes) is 12. The van der Waals surface area contributed by atoms with E-state index in [1.165, 1.54) is 89.9 Å². The van der Waals surface area contributed by atoms with E-state index in [0.717, 1.165) is 5.41 Å². The Hall–Kier alpha value is 0. The van der Waals surface area contributed by atoms with Crippen LogP contribution in [0.1, 0.15) is 129 Å². The van der Waals surface area contributed by atoms with Crippen molar-refractivity contribution >= 4 is 0 Å². The van der Waals surface area contributed by atoms with Gasteiger partial charge in [-0.3, -0.25) is 0 Å². The molecule has 0 aromatic carbocycles. The first-order chi connectivity index (χ1) is 10.3. The third kappa shape index (κ3) is 10.4. The quantitative estimate of drug-likeness (QED) is 0.253. The topological polar surface area (TPSA) is 0 Å². The van der Waals surface area contributed by atoms with Crippen molar-refractivity contribution in [2.45, 2.75) is 129 Å². The van der Waals surface area contributed by atoms with Crippen molar-refractivity contribution in [3.8, 4) is 0 Å². The summed E-state index contributed by atoms with van der Waals surface area (Å²) >= 11 is 0. The Kier molecular flexibility index (Phi) is 11.4. The van der Waals surface area contributed by atoms with Crippen LogP contribution in [0.25, 0.3) is 0 Å². The minimum atomic E-state index is 0.840. The van der Waals surface area contributed by atoms with E-state index >= 15 is 0 Å². The lowest BCUT2D eigenvalue weighted by Gasteiger charge is -2.14. The summed E-state index contributed by atoms with van der Waals surface area (Å²) in [6, 6.07) is 0. The summed E-state index contributed by atoms with van der Waals surface area (Å²) in [5.74, 6) is 0. The van der Waals surface area contributed by atoms with Crippen molar-refractivity contribution in [2.75, 3.05) is 0 Å². The maximum atomic E-state index is 2.31. The molecule has 1 aliphatic rings. The molecule has 0 saturated heterocycles. The van der Waals surface area contributed by atoms with Gasteiger partial charge in [0, 0.05) is 0 Å². The number of hydrogen-bond acceptors (Lipinski definition) is 0. The molecule has 0 bridgehead atoms. The lowest BCUT2D eigenvalue weighted by atomic mass is 9.91. The molecule has 0 aliphatic heterocycles. The summed E-state index contributed by atoms with van der Waals surface area (Å²) in [7, 11) is 0. The minimum absolute atomic E-state index is 0.840. The van der Waals surface area contributed by atoms with Gasteiger partial charge in [-0.2, -0.15) is 0 Å². The average molecular weight is 295 g/mol. The molecule has 1 aliphatic carbocycles. The van der Waals surface area contributed by atoms with E-state index in [1.54, 1.807) is 25.7 Å². The average Bonchev–Trinajstić information content (AvgIpc) is 3.26. The van der Waals surface area contributed by atoms with Gasteiger partial charge in [-0.15, -0.1) is 0 Å². The van der Waals surface area contributed by atoms with Crippen molar-refractivity contribution in [1.82, 2.24) is 0 Å². The highest BCUT2D eigenvalue weighted by Crippen LogP contribution is 2.53. The van der Waals surface area contributed by atoms with Crippen LogP contribution >= 0.6 is 0 Å². The van der Waals surface area contributed by atoms with Crippen LogP contribution in [0.5, 0.6) is 0 Å². The van der Waals surface area contributed by atoms with E-state index in [4.69, 9.17) is 0 Å². The summed E-state index contributed by atoms with van der Waals surface area (Å²) in [4.78, 5) is 0. The Morgan fingerprint density at radius 1 is 0.476 bits per heavy atom. The molecule has 1 saturated carbocycles. The standard InChI is InChI=1S/C21H42/c1-3-5-7-9-11-13-15-17-21(19-20-21)18-16-14-12-10-8-6-4-2/h3-20H2,1-2H3. The van der Waals surface area contributed by atoms with Gasteiger partial charge in [-0.1, -0.05) is 104 Å². The van der Waals surface area contributed by atoms with Crippen LogP contribution in [0.3, 0.4) is 0 Å². The zero-order valence-corrected chi connectivity index (χ0v) is 15.2. The van der Waals surface area contributed by atoms with Gasteiger partial charge in [0.2, 0.25) is 0 Å². The molecule has 0 N–H and O–H groups in total. The predicted molar refractivity (Wildman–Crippen MR) is 96.9 cm³/mol. The Morgan fingerprint density at radius 3 is 1.14 bits per heavy atom. The first-order valence-electron chi connectivity index (χ1n) is 10.3. The zero-order chi connectivity index (χ0) is 15.2. The maximum absolute atomic E-state index is 2.31. The van der Waals surface area contributed by atoms with E-state index in [1.807, 2.05) is 0 Å². The van der Waals surface area contributed by atoms with Crippen molar-refractivity contribution in [3.63, 3.8) is 0 Å². The largest absolute Gasteiger partial charge is 0.0654 e. The van der Waals surface area contributed by atoms with Gasteiger partial charge in [0.1, 0.15) is 0 Å². The first kappa shape index (κ1) is 19.0. The summed E-state index contributed by atoms with van der Waals surface area (Å²) in [5.41, 5.74) is 0.840. The fourth-order valence-electron chi connectivity index (χ4n) is 3.72. The molecule has 1 rings (SSSR count). The number of hydrogen-bond donors (Lipinski definition) is 0. The zero-order valence-electron chi connectivity index (χ0n) is 15.2. The highest BCUT2D eigenvalue weighted by Gasteiger charge is 2.40. The maximum Gasteiger partial charge on any atom is -0.0297 e. The Labute approximate surface area is 135 Å². The third-order valence-electron chi connectivity index (χ3n) is 5.58. The van der Waals surface area contributed by atoms with Gasteiger partial charge >= 0.3 is 0 Å². The number of rotatable bonds is 16. The van der Waals surface area contributed by atoms with E-state index in [-0.39, 0.29) is 0 Å². The van der Waals surface area contributed by atoms with Crippen LogP contribution in [-0.2, 0) is 0 Å². The van der Waals surface area contributed by atoms with Crippen molar-refractivity contribution in [3.05, 3.63) is 0 Å². The molecular weight excluding hydrogens is 252 g/mol. The lowest BCUT2D eigenvalue weighted by molar-refractivity contribution is 0.382. The van der Waals surface area contributed by atoms with E-state index < -0.39 is 0 Å². The summed E-state index contributed by atoms with van der Waals surface area (Å²) in [5, 5.41) is 0. The molecule has 0 heterocycles. The summed E-state index contributed by atoms with van der Waals surface area (Å²) < 4.78 is 0. The van der Waals surface area contributed by atoms with Crippen molar-refractivity contribution < 1.29 is 0 Å². The van der Waals surface area contributed by atoms with Crippen LogP contribution in [0, 0.1) is 5.41 Å². The minimum Gasteiger partial charge on any atom is -0.0654 e. The van der Waals surface area contributed by atoms with Gasteiger partial charge in [0.25, 0.3) is 0 Å². The Balaban J connectivity index is 1.85. The molecule has 0 radical (unpaired) electrons. The fraction of sp³-hybridized carbons (Fsp3) is 1.00. The molecule has 0 heteroatoms. The highest BCUT2D eigenvalue weighted by molar-refractivity contribution is 4.92. The molecule has 0 aromatic rings. The van der Waals surface area contributed by atoms with Crippen LogP contribution in [0.2, 0.25) is 0 Å². The molecule has 0 amide bonds. The highest BCUT2D eigenvalue weighted by atomic mass is 14.5. The SMILES string of the molecule is CCCCCCCCCC1(CCCCCCCCC)CC1. The van der Waals surface area contributed by atoms with Crippen LogP contribution in [0.4, 0.5) is 0 Å². The van der Waals surface area contributed by atoms with Gasteiger partial charge in [-0.25, -0.2) is 0 Å². The van der Waals surface area contributed by atoms with Crippen molar-refractivity contribution in [2.24, 2.45) is 5.41 Å². The summed E-state index contributed by atoms with van der Waals surface area (Å²) in [6.07, 6.45) is 26.8. The third-order valence-corrected chi connectivity index (χ3v) is 5.58. The smallest absolute Gasteiger partial charge is 0.0297 e. The first-order valence-corrected chi connectivity index (χ1v) is 10.3. The molecule has 21 heavy (non-hydrogen) atoms. The lowest BCUT2D eigenvalue weighted by Crippen LogP contribution is -2.00. The van der Waals surface area contributed by atoms with Gasteiger partial charge in [-0.05, 0) is 31.1 Å². The van der Waals surface area contributed by atoms with Crippen LogP contribution < -0.4 is 0 Å². The molecule has 126 valence electrons. The van der Waals surface area contributed by atoms with Gasteiger partial charge in [0.05, 0.1) is 0 Å². The van der Waals surface area contributed by atoms with E-state index in [2.05, 4.69) is 13.8 Å². The van der Waals surface area contributed by atoms with Crippen molar-refractivity contribution in [1.29, 1.82) is 0 Å². The Bertz CT molecular complexity index is 194. The molecule has 0 atom stereocenters. The second-order valence-corrected chi connectivity index (χ2v) is 7.74. The van der Waals surface area contributed by atoms with Gasteiger partial charge < -0.3 is 0 Å². The summed E-state index contributed by atoms with van der Waals surface area (Å²) in [6.45, 7) is 4.61. The van der Waals surface area contributed by atoms with Gasteiger partial charge in [0.15, 0.2) is 0 Å². The molecule has 0 unspecified atom stereocenters. The van der Waals surface area contributed by atoms with Crippen LogP contribution in [0.15, 0.2) is 0 Å². The molecule has 0 nitrogen and oxygen atoms in total. The molecule has 1 fully saturated rings. The second kappa shape index (κ2) is 12.5. The van der Waals surface area contributed by atoms with E-state index in [0.29, 0.717) is 0 Å². The predicted octanol–water partition coefficient (Wildman–Crippen LogP) is 8.05. The van der Waals surface area contributed by atoms with E-state index in [9.17, 15) is 0 Å². The second-order valence-electron chi connectivity index (χ2n) is 7.74. The molecular formula is C21H42. The monoisotopic (exact) mass is 294 g/mol. The fourth-order valence-corrected chi connectivity index (χ4v) is 3.72.